The van der Waals surface area contributed by atoms with Crippen molar-refractivity contribution in [2.45, 2.75) is 44.4 Å². The molecule has 2 amide bonds. The van der Waals surface area contributed by atoms with Crippen LogP contribution in [0.5, 0.6) is 0 Å². The first-order valence-corrected chi connectivity index (χ1v) is 12.0. The van der Waals surface area contributed by atoms with Crippen LogP contribution in [0.1, 0.15) is 60.5 Å². The fourth-order valence-corrected chi connectivity index (χ4v) is 5.38. The predicted molar refractivity (Wildman–Crippen MR) is 122 cm³/mol. The highest BCUT2D eigenvalue weighted by molar-refractivity contribution is 7.13. The lowest BCUT2D eigenvalue weighted by Crippen LogP contribution is -2.35. The Balaban J connectivity index is 1.40. The summed E-state index contributed by atoms with van der Waals surface area (Å²) in [7, 11) is 0. The van der Waals surface area contributed by atoms with Crippen molar-refractivity contribution in [3.63, 3.8) is 0 Å². The Morgan fingerprint density at radius 1 is 1.10 bits per heavy atom. The predicted octanol–water partition coefficient (Wildman–Crippen LogP) is 4.84. The molecular formula is C24H26N4O2S. The monoisotopic (exact) mass is 434 g/mol. The van der Waals surface area contributed by atoms with Gasteiger partial charge in [-0.2, -0.15) is 0 Å². The van der Waals surface area contributed by atoms with E-state index in [1.54, 1.807) is 6.20 Å². The van der Waals surface area contributed by atoms with E-state index in [4.69, 9.17) is 4.98 Å². The number of likely N-dealkylation sites (tertiary alicyclic amines) is 1. The third-order valence-corrected chi connectivity index (χ3v) is 7.19. The summed E-state index contributed by atoms with van der Waals surface area (Å²) in [5, 5.41) is 6.14. The molecule has 0 spiro atoms. The van der Waals surface area contributed by atoms with Crippen molar-refractivity contribution < 1.29 is 9.59 Å². The molecule has 0 unspecified atom stereocenters. The summed E-state index contributed by atoms with van der Waals surface area (Å²) in [5.41, 5.74) is 2.30. The van der Waals surface area contributed by atoms with E-state index >= 15 is 0 Å². The van der Waals surface area contributed by atoms with Crippen LogP contribution in [0, 0.1) is 5.92 Å². The number of fused-ring (bicyclic) bond motifs is 1. The zero-order valence-electron chi connectivity index (χ0n) is 17.4. The molecule has 0 radical (unpaired) electrons. The molecule has 3 aromatic rings. The number of carbonyl (C=O) groups is 2. The van der Waals surface area contributed by atoms with Gasteiger partial charge in [-0.05, 0) is 31.4 Å². The van der Waals surface area contributed by atoms with Crippen LogP contribution in [0.25, 0.3) is 10.9 Å². The molecule has 3 heterocycles. The van der Waals surface area contributed by atoms with E-state index in [2.05, 4.69) is 10.3 Å². The molecule has 160 valence electrons. The Hall–Kier alpha value is -2.80. The molecular weight excluding hydrogens is 408 g/mol. The largest absolute Gasteiger partial charge is 0.342 e. The number of hydrogen-bond acceptors (Lipinski definition) is 5. The molecule has 1 aliphatic heterocycles. The van der Waals surface area contributed by atoms with Gasteiger partial charge in [-0.3, -0.25) is 19.9 Å². The molecule has 1 aliphatic carbocycles. The van der Waals surface area contributed by atoms with Crippen LogP contribution in [-0.2, 0) is 4.79 Å². The first-order chi connectivity index (χ1) is 15.2. The van der Waals surface area contributed by atoms with Crippen molar-refractivity contribution in [2.24, 2.45) is 5.92 Å². The molecule has 1 atom stereocenters. The summed E-state index contributed by atoms with van der Waals surface area (Å²) in [6.45, 7) is 1.46. The van der Waals surface area contributed by atoms with Crippen LogP contribution in [0.15, 0.2) is 41.9 Å². The molecule has 1 aromatic carbocycles. The molecule has 31 heavy (non-hydrogen) atoms. The number of para-hydroxylation sites is 1. The molecule has 2 aliphatic rings. The first kappa shape index (κ1) is 20.1. The summed E-state index contributed by atoms with van der Waals surface area (Å²) < 4.78 is 0. The standard InChI is InChI=1S/C24H26N4O2S/c29-22(27-24-25-11-13-31-24)19-14-21(26-20-9-5-4-8-18(19)20)17-10-12-28(15-17)23(30)16-6-2-1-3-7-16/h4-5,8-9,11,13-14,16-17H,1-3,6-7,10,12,15H2,(H,25,27,29)/t17-/m1/s1. The van der Waals surface area contributed by atoms with Gasteiger partial charge in [-0.25, -0.2) is 4.98 Å². The van der Waals surface area contributed by atoms with Gasteiger partial charge < -0.3 is 4.90 Å². The average Bonchev–Trinajstić information content (AvgIpc) is 3.51. The van der Waals surface area contributed by atoms with Gasteiger partial charge in [0, 0.05) is 47.6 Å². The molecule has 2 fully saturated rings. The van der Waals surface area contributed by atoms with Crippen LogP contribution >= 0.6 is 11.3 Å². The van der Waals surface area contributed by atoms with Crippen LogP contribution in [0.2, 0.25) is 0 Å². The molecule has 1 saturated carbocycles. The van der Waals surface area contributed by atoms with Gasteiger partial charge in [0.15, 0.2) is 5.13 Å². The fourth-order valence-electron chi connectivity index (χ4n) is 4.85. The second kappa shape index (κ2) is 8.75. The second-order valence-electron chi connectivity index (χ2n) is 8.51. The van der Waals surface area contributed by atoms with Gasteiger partial charge in [0.25, 0.3) is 5.91 Å². The van der Waals surface area contributed by atoms with Gasteiger partial charge in [0.2, 0.25) is 5.91 Å². The van der Waals surface area contributed by atoms with Crippen molar-refractivity contribution >= 4 is 39.2 Å². The van der Waals surface area contributed by atoms with Crippen LogP contribution < -0.4 is 5.32 Å². The smallest absolute Gasteiger partial charge is 0.258 e. The zero-order valence-corrected chi connectivity index (χ0v) is 18.2. The topological polar surface area (TPSA) is 75.2 Å². The van der Waals surface area contributed by atoms with E-state index in [1.165, 1.54) is 17.8 Å². The van der Waals surface area contributed by atoms with Crippen LogP contribution in [-0.4, -0.2) is 39.8 Å². The lowest BCUT2D eigenvalue weighted by molar-refractivity contribution is -0.135. The normalized spacial score (nSPS) is 19.6. The Morgan fingerprint density at radius 2 is 1.94 bits per heavy atom. The molecule has 6 nitrogen and oxygen atoms in total. The fraction of sp³-hybridized carbons (Fsp3) is 0.417. The number of thiazole rings is 1. The SMILES string of the molecule is O=C(Nc1nccs1)c1cc([C@@H]2CCN(C(=O)C3CCCCC3)C2)nc2ccccc12. The van der Waals surface area contributed by atoms with Gasteiger partial charge in [0.05, 0.1) is 11.1 Å². The second-order valence-corrected chi connectivity index (χ2v) is 9.40. The Kier molecular flexibility index (Phi) is 5.68. The Bertz CT molecular complexity index is 1090. The van der Waals surface area contributed by atoms with Gasteiger partial charge in [0.1, 0.15) is 0 Å². The van der Waals surface area contributed by atoms with E-state index in [-0.39, 0.29) is 17.7 Å². The highest BCUT2D eigenvalue weighted by atomic mass is 32.1. The molecule has 1 N–H and O–H groups in total. The lowest BCUT2D eigenvalue weighted by Gasteiger charge is -2.26. The van der Waals surface area contributed by atoms with Crippen molar-refractivity contribution in [1.82, 2.24) is 14.9 Å². The van der Waals surface area contributed by atoms with E-state index in [1.807, 2.05) is 40.6 Å². The Morgan fingerprint density at radius 3 is 2.74 bits per heavy atom. The summed E-state index contributed by atoms with van der Waals surface area (Å²) in [5.74, 6) is 0.480. The summed E-state index contributed by atoms with van der Waals surface area (Å²) in [6, 6.07) is 9.64. The van der Waals surface area contributed by atoms with Crippen molar-refractivity contribution in [3.8, 4) is 0 Å². The molecule has 0 bridgehead atoms. The van der Waals surface area contributed by atoms with Crippen LogP contribution in [0.4, 0.5) is 5.13 Å². The number of rotatable bonds is 4. The third kappa shape index (κ3) is 4.19. The number of pyridine rings is 1. The van der Waals surface area contributed by atoms with Gasteiger partial charge in [-0.15, -0.1) is 11.3 Å². The van der Waals surface area contributed by atoms with Crippen molar-refractivity contribution in [2.75, 3.05) is 18.4 Å². The third-order valence-electron chi connectivity index (χ3n) is 6.51. The highest BCUT2D eigenvalue weighted by Crippen LogP contribution is 2.32. The number of benzene rings is 1. The minimum absolute atomic E-state index is 0.156. The van der Waals surface area contributed by atoms with E-state index in [9.17, 15) is 9.59 Å². The summed E-state index contributed by atoms with van der Waals surface area (Å²) >= 11 is 1.39. The number of aromatic nitrogens is 2. The maximum atomic E-state index is 13.0. The average molecular weight is 435 g/mol. The molecule has 2 aromatic heterocycles. The maximum absolute atomic E-state index is 13.0. The first-order valence-electron chi connectivity index (χ1n) is 11.1. The molecule has 5 rings (SSSR count). The molecule has 1 saturated heterocycles. The minimum atomic E-state index is -0.178. The number of hydrogen-bond donors (Lipinski definition) is 1. The van der Waals surface area contributed by atoms with Gasteiger partial charge in [-0.1, -0.05) is 37.5 Å². The van der Waals surface area contributed by atoms with E-state index < -0.39 is 0 Å². The zero-order chi connectivity index (χ0) is 21.2. The number of nitrogens with one attached hydrogen (secondary N) is 1. The number of carbonyl (C=O) groups excluding carboxylic acids is 2. The summed E-state index contributed by atoms with van der Waals surface area (Å²) in [6.07, 6.45) is 8.18. The number of nitrogens with zero attached hydrogens (tertiary/aromatic N) is 3. The van der Waals surface area contributed by atoms with E-state index in [0.29, 0.717) is 23.1 Å². The Labute approximate surface area is 185 Å². The van der Waals surface area contributed by atoms with Crippen molar-refractivity contribution in [3.05, 3.63) is 53.2 Å². The highest BCUT2D eigenvalue weighted by Gasteiger charge is 2.33. The quantitative estimate of drug-likeness (QED) is 0.638. The van der Waals surface area contributed by atoms with Crippen LogP contribution in [0.3, 0.4) is 0 Å². The number of anilines is 1. The summed E-state index contributed by atoms with van der Waals surface area (Å²) in [4.78, 5) is 37.1. The van der Waals surface area contributed by atoms with Crippen molar-refractivity contribution in [1.29, 1.82) is 0 Å². The lowest BCUT2D eigenvalue weighted by atomic mass is 9.88. The number of amides is 2. The maximum Gasteiger partial charge on any atom is 0.258 e. The van der Waals surface area contributed by atoms with E-state index in [0.717, 1.165) is 55.2 Å². The minimum Gasteiger partial charge on any atom is -0.342 e. The van der Waals surface area contributed by atoms with Gasteiger partial charge >= 0.3 is 0 Å². The molecule has 7 heteroatoms.